The van der Waals surface area contributed by atoms with Crippen LogP contribution >= 0.6 is 0 Å². The van der Waals surface area contributed by atoms with Gasteiger partial charge < -0.3 is 15.4 Å². The zero-order valence-electron chi connectivity index (χ0n) is 15.8. The number of methoxy groups -OCH3 is 1. The van der Waals surface area contributed by atoms with Crippen molar-refractivity contribution >= 4 is 23.1 Å². The van der Waals surface area contributed by atoms with Crippen molar-refractivity contribution in [1.82, 2.24) is 9.97 Å². The van der Waals surface area contributed by atoms with Gasteiger partial charge in [0.15, 0.2) is 0 Å². The van der Waals surface area contributed by atoms with E-state index in [1.54, 1.807) is 18.2 Å². The fourth-order valence-electron chi connectivity index (χ4n) is 2.62. The number of anilines is 3. The Balaban J connectivity index is 2.03. The van der Waals surface area contributed by atoms with Crippen molar-refractivity contribution in [3.63, 3.8) is 0 Å². The largest absolute Gasteiger partial charge is 0.496 e. The number of nitrogens with one attached hydrogen (secondary N) is 2. The van der Waals surface area contributed by atoms with E-state index in [1.165, 1.54) is 13.2 Å². The van der Waals surface area contributed by atoms with E-state index in [2.05, 4.69) is 20.6 Å². The Morgan fingerprint density at radius 2 is 1.82 bits per heavy atom. The van der Waals surface area contributed by atoms with E-state index in [-0.39, 0.29) is 11.7 Å². The summed E-state index contributed by atoms with van der Waals surface area (Å²) in [6.07, 6.45) is 0. The molecule has 0 atom stereocenters. The predicted molar refractivity (Wildman–Crippen MR) is 109 cm³/mol. The molecule has 1 heterocycles. The highest BCUT2D eigenvalue weighted by molar-refractivity contribution is 5.72. The molecule has 28 heavy (non-hydrogen) atoms. The summed E-state index contributed by atoms with van der Waals surface area (Å²) >= 11 is 0. The normalized spacial score (nSPS) is 10.6. The number of hydrogen-bond acceptors (Lipinski definition) is 7. The van der Waals surface area contributed by atoms with Gasteiger partial charge in [0.05, 0.1) is 23.8 Å². The van der Waals surface area contributed by atoms with Crippen molar-refractivity contribution in [1.29, 1.82) is 0 Å². The number of rotatable bonds is 7. The minimum atomic E-state index is -0.461. The van der Waals surface area contributed by atoms with Crippen LogP contribution in [0, 0.1) is 10.1 Å². The van der Waals surface area contributed by atoms with Gasteiger partial charge >= 0.3 is 0 Å². The van der Waals surface area contributed by atoms with Gasteiger partial charge in [0.25, 0.3) is 5.69 Å². The van der Waals surface area contributed by atoms with Crippen molar-refractivity contribution < 1.29 is 9.66 Å². The number of nitro groups is 1. The van der Waals surface area contributed by atoms with Crippen LogP contribution in [0.1, 0.15) is 13.8 Å². The zero-order valence-corrected chi connectivity index (χ0v) is 15.8. The van der Waals surface area contributed by atoms with Gasteiger partial charge in [-0.15, -0.1) is 0 Å². The summed E-state index contributed by atoms with van der Waals surface area (Å²) in [6.45, 7) is 3.97. The first kappa shape index (κ1) is 19.1. The topological polar surface area (TPSA) is 102 Å². The first-order valence-corrected chi connectivity index (χ1v) is 8.76. The van der Waals surface area contributed by atoms with Gasteiger partial charge in [-0.3, -0.25) is 10.1 Å². The summed E-state index contributed by atoms with van der Waals surface area (Å²) in [7, 11) is 1.46. The third-order valence-corrected chi connectivity index (χ3v) is 3.88. The highest BCUT2D eigenvalue weighted by Crippen LogP contribution is 2.32. The van der Waals surface area contributed by atoms with Crippen LogP contribution in [0.5, 0.6) is 5.75 Å². The molecule has 0 aliphatic rings. The van der Waals surface area contributed by atoms with E-state index in [4.69, 9.17) is 4.74 Å². The number of benzene rings is 2. The lowest BCUT2D eigenvalue weighted by molar-refractivity contribution is -0.384. The average molecular weight is 379 g/mol. The number of nitro benzene ring substituents is 1. The molecule has 0 saturated heterocycles. The third kappa shape index (κ3) is 4.53. The van der Waals surface area contributed by atoms with Gasteiger partial charge in [0.1, 0.15) is 17.3 Å². The molecule has 0 unspecified atom stereocenters. The Kier molecular flexibility index (Phi) is 5.69. The molecule has 3 rings (SSSR count). The zero-order chi connectivity index (χ0) is 20.1. The molecule has 0 radical (unpaired) electrons. The molecule has 0 amide bonds. The molecule has 2 N–H and O–H groups in total. The summed E-state index contributed by atoms with van der Waals surface area (Å²) in [4.78, 5) is 20.0. The van der Waals surface area contributed by atoms with E-state index in [0.717, 1.165) is 5.56 Å². The lowest BCUT2D eigenvalue weighted by Gasteiger charge is -2.13. The minimum Gasteiger partial charge on any atom is -0.496 e. The Morgan fingerprint density at radius 3 is 2.46 bits per heavy atom. The van der Waals surface area contributed by atoms with Gasteiger partial charge in [-0.2, -0.15) is 4.98 Å². The Hall–Kier alpha value is -3.68. The molecule has 0 aliphatic carbocycles. The molecule has 8 nitrogen and oxygen atoms in total. The van der Waals surface area contributed by atoms with Gasteiger partial charge in [-0.1, -0.05) is 30.3 Å². The maximum atomic E-state index is 11.4. The maximum Gasteiger partial charge on any atom is 0.296 e. The monoisotopic (exact) mass is 379 g/mol. The standard InChI is InChI=1S/C20H21N5O3/c1-13(2)21-20-23-17(14-7-5-4-6-8-14)12-19(24-20)22-16-10-9-15(28-3)11-18(16)25(26)27/h4-13H,1-3H3,(H2,21,22,23,24). The third-order valence-electron chi connectivity index (χ3n) is 3.88. The number of ether oxygens (including phenoxy) is 1. The molecule has 2 aromatic carbocycles. The second kappa shape index (κ2) is 8.34. The quantitative estimate of drug-likeness (QED) is 0.456. The molecule has 3 aromatic rings. The van der Waals surface area contributed by atoms with Crippen LogP contribution < -0.4 is 15.4 Å². The van der Waals surface area contributed by atoms with Crippen LogP contribution in [-0.2, 0) is 0 Å². The van der Waals surface area contributed by atoms with Crippen LogP contribution in [0.2, 0.25) is 0 Å². The molecular weight excluding hydrogens is 358 g/mol. The second-order valence-electron chi connectivity index (χ2n) is 6.39. The molecule has 0 fully saturated rings. The van der Waals surface area contributed by atoms with Crippen LogP contribution in [0.25, 0.3) is 11.3 Å². The fraction of sp³-hybridized carbons (Fsp3) is 0.200. The van der Waals surface area contributed by atoms with Crippen molar-refractivity contribution in [2.24, 2.45) is 0 Å². The Morgan fingerprint density at radius 1 is 1.07 bits per heavy atom. The number of aromatic nitrogens is 2. The highest BCUT2D eigenvalue weighted by atomic mass is 16.6. The van der Waals surface area contributed by atoms with Gasteiger partial charge in [0, 0.05) is 17.7 Å². The molecule has 144 valence electrons. The van der Waals surface area contributed by atoms with Crippen LogP contribution in [0.4, 0.5) is 23.1 Å². The molecule has 0 aliphatic heterocycles. The summed E-state index contributed by atoms with van der Waals surface area (Å²) in [6, 6.07) is 16.2. The lowest BCUT2D eigenvalue weighted by atomic mass is 10.1. The van der Waals surface area contributed by atoms with Crippen LogP contribution in [0.15, 0.2) is 54.6 Å². The minimum absolute atomic E-state index is 0.0995. The molecule has 0 bridgehead atoms. The highest BCUT2D eigenvalue weighted by Gasteiger charge is 2.17. The van der Waals surface area contributed by atoms with Gasteiger partial charge in [0.2, 0.25) is 5.95 Å². The molecule has 0 saturated carbocycles. The van der Waals surface area contributed by atoms with Crippen molar-refractivity contribution in [2.45, 2.75) is 19.9 Å². The Bertz CT molecular complexity index is 977. The van der Waals surface area contributed by atoms with Crippen LogP contribution in [-0.4, -0.2) is 28.0 Å². The van der Waals surface area contributed by atoms with E-state index < -0.39 is 4.92 Å². The van der Waals surface area contributed by atoms with Gasteiger partial charge in [-0.25, -0.2) is 4.98 Å². The fourth-order valence-corrected chi connectivity index (χ4v) is 2.62. The maximum absolute atomic E-state index is 11.4. The summed E-state index contributed by atoms with van der Waals surface area (Å²) in [5.74, 6) is 1.30. The first-order valence-electron chi connectivity index (χ1n) is 8.76. The summed E-state index contributed by atoms with van der Waals surface area (Å²) < 4.78 is 5.08. The molecular formula is C20H21N5O3. The van der Waals surface area contributed by atoms with E-state index in [0.29, 0.717) is 28.9 Å². The van der Waals surface area contributed by atoms with E-state index in [9.17, 15) is 10.1 Å². The second-order valence-corrected chi connectivity index (χ2v) is 6.39. The van der Waals surface area contributed by atoms with Crippen molar-refractivity contribution in [2.75, 3.05) is 17.7 Å². The number of nitrogens with zero attached hydrogens (tertiary/aromatic N) is 3. The first-order chi connectivity index (χ1) is 13.5. The summed E-state index contributed by atoms with van der Waals surface area (Å²) in [5.41, 5.74) is 1.85. The van der Waals surface area contributed by atoms with Crippen molar-refractivity contribution in [3.8, 4) is 17.0 Å². The Labute approximate surface area is 162 Å². The number of hydrogen-bond donors (Lipinski definition) is 2. The predicted octanol–water partition coefficient (Wildman–Crippen LogP) is 4.62. The van der Waals surface area contributed by atoms with Crippen molar-refractivity contribution in [3.05, 3.63) is 64.7 Å². The lowest BCUT2D eigenvalue weighted by Crippen LogP contribution is -2.13. The van der Waals surface area contributed by atoms with Gasteiger partial charge in [-0.05, 0) is 26.0 Å². The smallest absolute Gasteiger partial charge is 0.296 e. The van der Waals surface area contributed by atoms with E-state index in [1.807, 2.05) is 44.2 Å². The van der Waals surface area contributed by atoms with E-state index >= 15 is 0 Å². The molecule has 8 heteroatoms. The molecule has 1 aromatic heterocycles. The SMILES string of the molecule is COc1ccc(Nc2cc(-c3ccccc3)nc(NC(C)C)n2)c([N+](=O)[O-])c1. The summed E-state index contributed by atoms with van der Waals surface area (Å²) in [5, 5.41) is 17.7. The molecule has 0 spiro atoms. The average Bonchev–Trinajstić information content (AvgIpc) is 2.68. The van der Waals surface area contributed by atoms with Crippen LogP contribution in [0.3, 0.4) is 0 Å².